The predicted molar refractivity (Wildman–Crippen MR) is 78.5 cm³/mol. The van der Waals surface area contributed by atoms with Gasteiger partial charge in [-0.2, -0.15) is 12.7 Å². The van der Waals surface area contributed by atoms with Gasteiger partial charge in [0.15, 0.2) is 0 Å². The highest BCUT2D eigenvalue weighted by Crippen LogP contribution is 2.19. The molecule has 2 rings (SSSR count). The Morgan fingerprint density at radius 1 is 1.29 bits per heavy atom. The first-order valence-corrected chi connectivity index (χ1v) is 8.58. The summed E-state index contributed by atoms with van der Waals surface area (Å²) in [4.78, 5) is 0. The number of hydrogen-bond donors (Lipinski definition) is 2. The molecule has 2 N–H and O–H groups in total. The number of piperidine rings is 1. The summed E-state index contributed by atoms with van der Waals surface area (Å²) in [6.07, 6.45) is 2.94. The van der Waals surface area contributed by atoms with Crippen molar-refractivity contribution in [2.45, 2.75) is 31.7 Å². The van der Waals surface area contributed by atoms with E-state index in [4.69, 9.17) is 0 Å². The van der Waals surface area contributed by atoms with Gasteiger partial charge in [0.1, 0.15) is 5.82 Å². The summed E-state index contributed by atoms with van der Waals surface area (Å²) in [6.45, 7) is 0.540. The average molecular weight is 316 g/mol. The molecule has 7 heteroatoms. The maximum atomic E-state index is 12.8. The Hall–Kier alpha value is -1.02. The lowest BCUT2D eigenvalue weighted by molar-refractivity contribution is 0.154. The molecule has 0 aromatic heterocycles. The van der Waals surface area contributed by atoms with Gasteiger partial charge in [0.2, 0.25) is 0 Å². The number of nitrogens with zero attached hydrogens (tertiary/aromatic N) is 1. The van der Waals surface area contributed by atoms with Crippen LogP contribution in [0.1, 0.15) is 24.8 Å². The molecule has 1 aromatic carbocycles. The normalized spacial score (nSPS) is 20.6. The minimum Gasteiger partial charge on any atom is -0.395 e. The Kier molecular flexibility index (Phi) is 5.69. The molecule has 0 amide bonds. The standard InChI is InChI=1S/C14H21FN2O3S/c15-13-6-4-12(5-7-13)8-9-16-21(19,20)17-10-2-1-3-14(17)11-18/h4-7,14,16,18H,1-3,8-11H2. The zero-order valence-electron chi connectivity index (χ0n) is 11.8. The molecule has 1 aromatic rings. The molecule has 1 aliphatic heterocycles. The van der Waals surface area contributed by atoms with Crippen LogP contribution in [0.5, 0.6) is 0 Å². The van der Waals surface area contributed by atoms with Crippen molar-refractivity contribution in [2.24, 2.45) is 0 Å². The number of benzene rings is 1. The highest BCUT2D eigenvalue weighted by atomic mass is 32.2. The second kappa shape index (κ2) is 7.31. The van der Waals surface area contributed by atoms with Gasteiger partial charge in [0.25, 0.3) is 10.2 Å². The van der Waals surface area contributed by atoms with Gasteiger partial charge in [-0.25, -0.2) is 9.11 Å². The molecule has 1 heterocycles. The molecular weight excluding hydrogens is 295 g/mol. The van der Waals surface area contributed by atoms with E-state index in [9.17, 15) is 17.9 Å². The molecule has 0 spiro atoms. The first-order chi connectivity index (χ1) is 10.0. The van der Waals surface area contributed by atoms with Crippen molar-refractivity contribution >= 4 is 10.2 Å². The highest BCUT2D eigenvalue weighted by Gasteiger charge is 2.31. The maximum absolute atomic E-state index is 12.8. The van der Waals surface area contributed by atoms with E-state index in [1.807, 2.05) is 0 Å². The van der Waals surface area contributed by atoms with Crippen LogP contribution in [-0.2, 0) is 16.6 Å². The van der Waals surface area contributed by atoms with E-state index in [0.29, 0.717) is 19.4 Å². The molecule has 118 valence electrons. The minimum absolute atomic E-state index is 0.154. The third-order valence-electron chi connectivity index (χ3n) is 3.70. The second-order valence-corrected chi connectivity index (χ2v) is 6.93. The number of hydrogen-bond acceptors (Lipinski definition) is 3. The smallest absolute Gasteiger partial charge is 0.279 e. The van der Waals surface area contributed by atoms with E-state index >= 15 is 0 Å². The molecule has 1 fully saturated rings. The number of nitrogens with one attached hydrogen (secondary N) is 1. The van der Waals surface area contributed by atoms with Crippen LogP contribution in [-0.4, -0.2) is 43.6 Å². The van der Waals surface area contributed by atoms with Crippen LogP contribution in [0.2, 0.25) is 0 Å². The monoisotopic (exact) mass is 316 g/mol. The molecular formula is C14H21FN2O3S. The lowest BCUT2D eigenvalue weighted by Crippen LogP contribution is -2.50. The number of halogens is 1. The molecule has 0 saturated carbocycles. The van der Waals surface area contributed by atoms with E-state index in [1.54, 1.807) is 12.1 Å². The van der Waals surface area contributed by atoms with Crippen molar-refractivity contribution in [1.82, 2.24) is 9.03 Å². The van der Waals surface area contributed by atoms with Crippen molar-refractivity contribution in [3.8, 4) is 0 Å². The van der Waals surface area contributed by atoms with Crippen LogP contribution in [0.25, 0.3) is 0 Å². The Labute approximate surface area is 125 Å². The van der Waals surface area contributed by atoms with Crippen LogP contribution in [0.3, 0.4) is 0 Å². The van der Waals surface area contributed by atoms with Gasteiger partial charge in [0.05, 0.1) is 6.61 Å². The van der Waals surface area contributed by atoms with Gasteiger partial charge in [-0.15, -0.1) is 0 Å². The van der Waals surface area contributed by atoms with E-state index in [0.717, 1.165) is 18.4 Å². The fourth-order valence-electron chi connectivity index (χ4n) is 2.53. The van der Waals surface area contributed by atoms with Gasteiger partial charge in [-0.3, -0.25) is 0 Å². The van der Waals surface area contributed by atoms with Gasteiger partial charge in [-0.1, -0.05) is 18.6 Å². The van der Waals surface area contributed by atoms with Crippen molar-refractivity contribution in [3.63, 3.8) is 0 Å². The molecule has 5 nitrogen and oxygen atoms in total. The van der Waals surface area contributed by atoms with Gasteiger partial charge < -0.3 is 5.11 Å². The molecule has 1 saturated heterocycles. The van der Waals surface area contributed by atoms with E-state index in [-0.39, 0.29) is 25.0 Å². The zero-order chi connectivity index (χ0) is 15.3. The lowest BCUT2D eigenvalue weighted by atomic mass is 10.1. The summed E-state index contributed by atoms with van der Waals surface area (Å²) < 4.78 is 41.2. The summed E-state index contributed by atoms with van der Waals surface area (Å²) >= 11 is 0. The van der Waals surface area contributed by atoms with Gasteiger partial charge in [0, 0.05) is 19.1 Å². The molecule has 1 aliphatic rings. The number of aliphatic hydroxyl groups is 1. The Bertz CT molecular complexity index is 548. The third-order valence-corrected chi connectivity index (χ3v) is 5.37. The summed E-state index contributed by atoms with van der Waals surface area (Å²) in [6, 6.07) is 5.66. The lowest BCUT2D eigenvalue weighted by Gasteiger charge is -2.33. The van der Waals surface area contributed by atoms with E-state index in [2.05, 4.69) is 4.72 Å². The van der Waals surface area contributed by atoms with Gasteiger partial charge in [-0.05, 0) is 37.0 Å². The molecule has 0 bridgehead atoms. The van der Waals surface area contributed by atoms with Crippen molar-refractivity contribution < 1.29 is 17.9 Å². The van der Waals surface area contributed by atoms with Crippen LogP contribution in [0, 0.1) is 5.82 Å². The van der Waals surface area contributed by atoms with Crippen molar-refractivity contribution in [1.29, 1.82) is 0 Å². The molecule has 0 aliphatic carbocycles. The van der Waals surface area contributed by atoms with Crippen molar-refractivity contribution in [2.75, 3.05) is 19.7 Å². The molecule has 21 heavy (non-hydrogen) atoms. The fourth-order valence-corrected chi connectivity index (χ4v) is 3.99. The maximum Gasteiger partial charge on any atom is 0.279 e. The van der Waals surface area contributed by atoms with Crippen LogP contribution < -0.4 is 4.72 Å². The topological polar surface area (TPSA) is 69.6 Å². The van der Waals surface area contributed by atoms with Gasteiger partial charge >= 0.3 is 0 Å². The Balaban J connectivity index is 1.90. The molecule has 1 atom stereocenters. The summed E-state index contributed by atoms with van der Waals surface area (Å²) in [5, 5.41) is 9.28. The summed E-state index contributed by atoms with van der Waals surface area (Å²) in [5.74, 6) is -0.307. The second-order valence-electron chi connectivity index (χ2n) is 5.22. The van der Waals surface area contributed by atoms with E-state index < -0.39 is 10.2 Å². The zero-order valence-corrected chi connectivity index (χ0v) is 12.7. The SMILES string of the molecule is O=S(=O)(NCCc1ccc(F)cc1)N1CCCCC1CO. The van der Waals surface area contributed by atoms with Crippen LogP contribution in [0.4, 0.5) is 4.39 Å². The number of rotatable bonds is 6. The first kappa shape index (κ1) is 16.4. The number of aliphatic hydroxyl groups excluding tert-OH is 1. The van der Waals surface area contributed by atoms with Crippen LogP contribution in [0.15, 0.2) is 24.3 Å². The Morgan fingerprint density at radius 2 is 2.00 bits per heavy atom. The van der Waals surface area contributed by atoms with E-state index in [1.165, 1.54) is 16.4 Å². The summed E-state index contributed by atoms with van der Waals surface area (Å²) in [7, 11) is -3.57. The molecule has 1 unspecified atom stereocenters. The minimum atomic E-state index is -3.57. The summed E-state index contributed by atoms with van der Waals surface area (Å²) in [5.41, 5.74) is 0.872. The van der Waals surface area contributed by atoms with Crippen molar-refractivity contribution in [3.05, 3.63) is 35.6 Å². The predicted octanol–water partition coefficient (Wildman–Crippen LogP) is 1.05. The third kappa shape index (κ3) is 4.47. The first-order valence-electron chi connectivity index (χ1n) is 7.14. The van der Waals surface area contributed by atoms with Crippen LogP contribution >= 0.6 is 0 Å². The fraction of sp³-hybridized carbons (Fsp3) is 0.571. The molecule has 0 radical (unpaired) electrons. The largest absolute Gasteiger partial charge is 0.395 e. The Morgan fingerprint density at radius 3 is 2.67 bits per heavy atom. The highest BCUT2D eigenvalue weighted by molar-refractivity contribution is 7.87. The average Bonchev–Trinajstić information content (AvgIpc) is 2.49. The quantitative estimate of drug-likeness (QED) is 0.824.